The summed E-state index contributed by atoms with van der Waals surface area (Å²) in [5.41, 5.74) is 0.959. The van der Waals surface area contributed by atoms with Gasteiger partial charge in [0.2, 0.25) is 5.91 Å². The standard InChI is InChI=1S/C21H27FN2O2/c1-15(2)20-14-23(13-19-9-4-16(3)26-19)11-10-21(25)24(20)12-17-5-7-18(22)8-6-17/h4-9,15,20H,10-14H2,1-3H3. The summed E-state index contributed by atoms with van der Waals surface area (Å²) in [7, 11) is 0. The second-order valence-corrected chi connectivity index (χ2v) is 7.46. The Bertz CT molecular complexity index is 739. The first kappa shape index (κ1) is 18.6. The molecule has 0 N–H and O–H groups in total. The van der Waals surface area contributed by atoms with Gasteiger partial charge in [0, 0.05) is 32.1 Å². The van der Waals surface area contributed by atoms with E-state index in [2.05, 4.69) is 18.7 Å². The van der Waals surface area contributed by atoms with E-state index in [0.717, 1.165) is 30.2 Å². The molecule has 140 valence electrons. The van der Waals surface area contributed by atoms with Gasteiger partial charge in [-0.2, -0.15) is 0 Å². The molecular weight excluding hydrogens is 331 g/mol. The predicted octanol–water partition coefficient (Wildman–Crippen LogP) is 3.99. The Kier molecular flexibility index (Phi) is 5.77. The molecule has 0 spiro atoms. The quantitative estimate of drug-likeness (QED) is 0.811. The Morgan fingerprint density at radius 2 is 1.88 bits per heavy atom. The summed E-state index contributed by atoms with van der Waals surface area (Å²) in [6, 6.07) is 10.5. The van der Waals surface area contributed by atoms with E-state index in [4.69, 9.17) is 4.42 Å². The maximum Gasteiger partial charge on any atom is 0.224 e. The highest BCUT2D eigenvalue weighted by Crippen LogP contribution is 2.22. The van der Waals surface area contributed by atoms with Crippen LogP contribution in [0.2, 0.25) is 0 Å². The number of carbonyl (C=O) groups excluding carboxylic acids is 1. The third kappa shape index (κ3) is 4.52. The summed E-state index contributed by atoms with van der Waals surface area (Å²) in [4.78, 5) is 17.1. The second kappa shape index (κ2) is 8.04. The van der Waals surface area contributed by atoms with Crippen molar-refractivity contribution in [2.24, 2.45) is 5.92 Å². The Labute approximate surface area is 154 Å². The number of carbonyl (C=O) groups is 1. The molecule has 1 aromatic carbocycles. The van der Waals surface area contributed by atoms with E-state index in [1.165, 1.54) is 12.1 Å². The van der Waals surface area contributed by atoms with Crippen LogP contribution in [0.15, 0.2) is 40.8 Å². The number of rotatable bonds is 5. The van der Waals surface area contributed by atoms with Crippen molar-refractivity contribution in [2.45, 2.75) is 46.3 Å². The monoisotopic (exact) mass is 358 g/mol. The van der Waals surface area contributed by atoms with Crippen LogP contribution in [-0.4, -0.2) is 34.8 Å². The number of aryl methyl sites for hydroxylation is 1. The molecule has 1 saturated heterocycles. The SMILES string of the molecule is Cc1ccc(CN2CCC(=O)N(Cc3ccc(F)cc3)C(C(C)C)C2)o1. The van der Waals surface area contributed by atoms with Crippen molar-refractivity contribution in [3.8, 4) is 0 Å². The molecule has 1 fully saturated rings. The second-order valence-electron chi connectivity index (χ2n) is 7.46. The van der Waals surface area contributed by atoms with Crippen LogP contribution in [-0.2, 0) is 17.9 Å². The molecule has 1 atom stereocenters. The molecule has 5 heteroatoms. The smallest absolute Gasteiger partial charge is 0.224 e. The minimum atomic E-state index is -0.253. The average Bonchev–Trinajstić information content (AvgIpc) is 2.94. The number of halogens is 1. The fraction of sp³-hybridized carbons (Fsp3) is 0.476. The van der Waals surface area contributed by atoms with E-state index in [1.54, 1.807) is 12.1 Å². The molecule has 0 aliphatic carbocycles. The minimum Gasteiger partial charge on any atom is -0.465 e. The lowest BCUT2D eigenvalue weighted by Gasteiger charge is -2.34. The summed E-state index contributed by atoms with van der Waals surface area (Å²) >= 11 is 0. The van der Waals surface area contributed by atoms with Gasteiger partial charge in [0.15, 0.2) is 0 Å². The first-order valence-electron chi connectivity index (χ1n) is 9.24. The zero-order chi connectivity index (χ0) is 18.7. The van der Waals surface area contributed by atoms with Crippen molar-refractivity contribution >= 4 is 5.91 Å². The molecule has 0 radical (unpaired) electrons. The van der Waals surface area contributed by atoms with Crippen molar-refractivity contribution in [3.63, 3.8) is 0 Å². The van der Waals surface area contributed by atoms with Gasteiger partial charge in [0.05, 0.1) is 6.54 Å². The number of furan rings is 1. The molecule has 26 heavy (non-hydrogen) atoms. The summed E-state index contributed by atoms with van der Waals surface area (Å²) in [5, 5.41) is 0. The summed E-state index contributed by atoms with van der Waals surface area (Å²) in [6.45, 7) is 9.01. The molecule has 1 amide bonds. The van der Waals surface area contributed by atoms with Crippen LogP contribution < -0.4 is 0 Å². The molecule has 1 unspecified atom stereocenters. The van der Waals surface area contributed by atoms with Gasteiger partial charge >= 0.3 is 0 Å². The summed E-state index contributed by atoms with van der Waals surface area (Å²) < 4.78 is 18.9. The van der Waals surface area contributed by atoms with Crippen molar-refractivity contribution in [1.82, 2.24) is 9.80 Å². The highest BCUT2D eigenvalue weighted by molar-refractivity contribution is 5.77. The number of nitrogens with zero attached hydrogens (tertiary/aromatic N) is 2. The van der Waals surface area contributed by atoms with Crippen LogP contribution in [0.1, 0.15) is 37.4 Å². The summed E-state index contributed by atoms with van der Waals surface area (Å²) in [6.07, 6.45) is 0.490. The molecule has 0 bridgehead atoms. The van der Waals surface area contributed by atoms with Crippen LogP contribution in [0.5, 0.6) is 0 Å². The molecule has 4 nitrogen and oxygen atoms in total. The van der Waals surface area contributed by atoms with E-state index in [-0.39, 0.29) is 17.8 Å². The van der Waals surface area contributed by atoms with Crippen LogP contribution >= 0.6 is 0 Å². The molecular formula is C21H27FN2O2. The molecule has 1 aliphatic rings. The summed E-state index contributed by atoms with van der Waals surface area (Å²) in [5.74, 6) is 2.08. The Morgan fingerprint density at radius 1 is 1.15 bits per heavy atom. The lowest BCUT2D eigenvalue weighted by atomic mass is 10.0. The molecule has 1 aromatic heterocycles. The first-order valence-corrected chi connectivity index (χ1v) is 9.24. The van der Waals surface area contributed by atoms with Crippen molar-refractivity contribution in [2.75, 3.05) is 13.1 Å². The number of hydrogen-bond donors (Lipinski definition) is 0. The highest BCUT2D eigenvalue weighted by Gasteiger charge is 2.31. The van der Waals surface area contributed by atoms with E-state index in [9.17, 15) is 9.18 Å². The maximum absolute atomic E-state index is 13.2. The topological polar surface area (TPSA) is 36.7 Å². The van der Waals surface area contributed by atoms with Crippen LogP contribution in [0.25, 0.3) is 0 Å². The number of amides is 1. The predicted molar refractivity (Wildman–Crippen MR) is 98.9 cm³/mol. The Hall–Kier alpha value is -2.14. The largest absolute Gasteiger partial charge is 0.465 e. The average molecular weight is 358 g/mol. The van der Waals surface area contributed by atoms with E-state index < -0.39 is 0 Å². The van der Waals surface area contributed by atoms with Gasteiger partial charge in [-0.1, -0.05) is 26.0 Å². The third-order valence-corrected chi connectivity index (χ3v) is 5.02. The fourth-order valence-corrected chi connectivity index (χ4v) is 3.53. The first-order chi connectivity index (χ1) is 12.4. The van der Waals surface area contributed by atoms with Gasteiger partial charge in [-0.05, 0) is 42.7 Å². The van der Waals surface area contributed by atoms with E-state index in [1.807, 2.05) is 24.0 Å². The number of benzene rings is 1. The normalized spacial score (nSPS) is 19.2. The van der Waals surface area contributed by atoms with E-state index >= 15 is 0 Å². The molecule has 3 rings (SSSR count). The van der Waals surface area contributed by atoms with Gasteiger partial charge in [0.25, 0.3) is 0 Å². The molecule has 2 heterocycles. The van der Waals surface area contributed by atoms with Gasteiger partial charge in [-0.25, -0.2) is 4.39 Å². The van der Waals surface area contributed by atoms with E-state index in [0.29, 0.717) is 25.4 Å². The number of hydrogen-bond acceptors (Lipinski definition) is 3. The molecule has 1 aliphatic heterocycles. The Morgan fingerprint density at radius 3 is 2.50 bits per heavy atom. The zero-order valence-electron chi connectivity index (χ0n) is 15.7. The Balaban J connectivity index is 1.75. The lowest BCUT2D eigenvalue weighted by Crippen LogP contribution is -2.45. The van der Waals surface area contributed by atoms with Gasteiger partial charge in [0.1, 0.15) is 17.3 Å². The lowest BCUT2D eigenvalue weighted by molar-refractivity contribution is -0.134. The van der Waals surface area contributed by atoms with Crippen LogP contribution in [0.3, 0.4) is 0 Å². The van der Waals surface area contributed by atoms with Crippen molar-refractivity contribution < 1.29 is 13.6 Å². The van der Waals surface area contributed by atoms with Crippen molar-refractivity contribution in [1.29, 1.82) is 0 Å². The van der Waals surface area contributed by atoms with Gasteiger partial charge < -0.3 is 9.32 Å². The third-order valence-electron chi connectivity index (χ3n) is 5.02. The van der Waals surface area contributed by atoms with Crippen LogP contribution in [0.4, 0.5) is 4.39 Å². The van der Waals surface area contributed by atoms with Gasteiger partial charge in [-0.3, -0.25) is 9.69 Å². The van der Waals surface area contributed by atoms with Crippen LogP contribution in [0, 0.1) is 18.7 Å². The molecule has 2 aromatic rings. The molecule has 0 saturated carbocycles. The van der Waals surface area contributed by atoms with Gasteiger partial charge in [-0.15, -0.1) is 0 Å². The highest BCUT2D eigenvalue weighted by atomic mass is 19.1. The van der Waals surface area contributed by atoms with Crippen molar-refractivity contribution in [3.05, 3.63) is 59.3 Å². The maximum atomic E-state index is 13.2. The minimum absolute atomic E-state index is 0.117. The fourth-order valence-electron chi connectivity index (χ4n) is 3.53. The zero-order valence-corrected chi connectivity index (χ0v) is 15.7.